The quantitative estimate of drug-likeness (QED) is 0.521. The number of nitrogens with zero attached hydrogens (tertiary/aromatic N) is 4. The van der Waals surface area contributed by atoms with Crippen LogP contribution in [0.15, 0.2) is 47.7 Å². The van der Waals surface area contributed by atoms with Crippen molar-refractivity contribution in [3.05, 3.63) is 81.1 Å². The molecule has 0 bridgehead atoms. The summed E-state index contributed by atoms with van der Waals surface area (Å²) in [6.45, 7) is 0.618. The molecule has 4 aromatic heterocycles. The Balaban J connectivity index is 1.71. The normalized spacial score (nSPS) is 16.7. The highest BCUT2D eigenvalue weighted by molar-refractivity contribution is 6.29. The lowest BCUT2D eigenvalue weighted by Crippen LogP contribution is -2.37. The molecule has 136 valence electrons. The molecule has 0 saturated carbocycles. The summed E-state index contributed by atoms with van der Waals surface area (Å²) in [5, 5.41) is 4.81. The van der Waals surface area contributed by atoms with Gasteiger partial charge in [0.25, 0.3) is 0 Å². The van der Waals surface area contributed by atoms with Gasteiger partial charge < -0.3 is 14.9 Å². The average Bonchev–Trinajstić information content (AvgIpc) is 3.27. The molecule has 9 heteroatoms. The fourth-order valence-electron chi connectivity index (χ4n) is 3.62. The topological polar surface area (TPSA) is 82.1 Å². The molecule has 0 aromatic carbocycles. The van der Waals surface area contributed by atoms with Gasteiger partial charge in [0.15, 0.2) is 5.43 Å². The summed E-state index contributed by atoms with van der Waals surface area (Å²) in [7, 11) is 0. The molecule has 0 aliphatic carbocycles. The predicted octanol–water partition coefficient (Wildman–Crippen LogP) is 2.69. The van der Waals surface area contributed by atoms with Crippen molar-refractivity contribution < 1.29 is 4.39 Å². The number of fused-ring (bicyclic) bond motifs is 2. The van der Waals surface area contributed by atoms with E-state index >= 15 is 0 Å². The van der Waals surface area contributed by atoms with E-state index in [4.69, 9.17) is 11.6 Å². The van der Waals surface area contributed by atoms with Gasteiger partial charge in [0.1, 0.15) is 28.3 Å². The van der Waals surface area contributed by atoms with E-state index in [0.29, 0.717) is 23.6 Å². The van der Waals surface area contributed by atoms with Crippen LogP contribution in [0.5, 0.6) is 0 Å². The summed E-state index contributed by atoms with van der Waals surface area (Å²) in [6, 6.07) is 7.14. The lowest BCUT2D eigenvalue weighted by Gasteiger charge is -2.35. The van der Waals surface area contributed by atoms with Crippen LogP contribution in [0.1, 0.15) is 23.1 Å². The van der Waals surface area contributed by atoms with Crippen molar-refractivity contribution in [3.63, 3.8) is 0 Å². The molecule has 0 unspecified atom stereocenters. The van der Waals surface area contributed by atoms with Crippen molar-refractivity contribution in [3.8, 4) is 0 Å². The van der Waals surface area contributed by atoms with Gasteiger partial charge in [0.05, 0.1) is 17.7 Å². The minimum absolute atomic E-state index is 0.193. The summed E-state index contributed by atoms with van der Waals surface area (Å²) in [5.74, 6) is 0.223. The number of nitrogens with one attached hydrogen (secondary N) is 2. The molecule has 5 heterocycles. The van der Waals surface area contributed by atoms with Crippen LogP contribution < -0.4 is 10.3 Å². The molecule has 1 aliphatic heterocycles. The smallest absolute Gasteiger partial charge is 0.185 e. The van der Waals surface area contributed by atoms with Crippen LogP contribution in [0.2, 0.25) is 5.15 Å². The lowest BCUT2D eigenvalue weighted by molar-refractivity contribution is 0.609. The number of H-pyrrole nitrogens is 2. The van der Waals surface area contributed by atoms with E-state index in [9.17, 15) is 9.18 Å². The molecule has 0 radical (unpaired) electrons. The minimum Gasteiger partial charge on any atom is -0.348 e. The maximum Gasteiger partial charge on any atom is 0.185 e. The Kier molecular flexibility index (Phi) is 3.54. The first kappa shape index (κ1) is 16.1. The average molecular weight is 385 g/mol. The Morgan fingerprint density at radius 3 is 3.00 bits per heavy atom. The van der Waals surface area contributed by atoms with Gasteiger partial charge in [-0.25, -0.2) is 13.9 Å². The predicted molar refractivity (Wildman–Crippen MR) is 98.7 cm³/mol. The second kappa shape index (κ2) is 5.95. The monoisotopic (exact) mass is 384 g/mol. The molecule has 7 nitrogen and oxygen atoms in total. The van der Waals surface area contributed by atoms with E-state index in [-0.39, 0.29) is 22.4 Å². The van der Waals surface area contributed by atoms with Crippen molar-refractivity contribution in [2.45, 2.75) is 12.5 Å². The Morgan fingerprint density at radius 1 is 1.30 bits per heavy atom. The molecule has 0 fully saturated rings. The van der Waals surface area contributed by atoms with Crippen LogP contribution in [0.4, 0.5) is 10.2 Å². The summed E-state index contributed by atoms with van der Waals surface area (Å²) in [4.78, 5) is 24.6. The molecule has 5 rings (SSSR count). The number of aromatic amines is 2. The summed E-state index contributed by atoms with van der Waals surface area (Å²) >= 11 is 6.05. The lowest BCUT2D eigenvalue weighted by atomic mass is 9.99. The van der Waals surface area contributed by atoms with Crippen molar-refractivity contribution in [2.24, 2.45) is 0 Å². The molecule has 0 amide bonds. The maximum atomic E-state index is 14.2. The van der Waals surface area contributed by atoms with Crippen molar-refractivity contribution in [1.29, 1.82) is 0 Å². The Labute approximate surface area is 157 Å². The van der Waals surface area contributed by atoms with E-state index in [1.807, 2.05) is 4.90 Å². The fourth-order valence-corrected chi connectivity index (χ4v) is 3.82. The zero-order valence-electron chi connectivity index (χ0n) is 14.0. The van der Waals surface area contributed by atoms with Crippen LogP contribution in [0.3, 0.4) is 0 Å². The SMILES string of the molecule is O=c1cc(Cl)[nH]c(N2CCc3[nH]cnc3[C@H]2c2cc3c(F)cccn3n2)c1. The molecule has 2 N–H and O–H groups in total. The van der Waals surface area contributed by atoms with Crippen LogP contribution >= 0.6 is 11.6 Å². The van der Waals surface area contributed by atoms with Gasteiger partial charge in [-0.05, 0) is 18.2 Å². The molecule has 27 heavy (non-hydrogen) atoms. The second-order valence-electron chi connectivity index (χ2n) is 6.42. The van der Waals surface area contributed by atoms with Crippen molar-refractivity contribution in [2.75, 3.05) is 11.4 Å². The zero-order valence-corrected chi connectivity index (χ0v) is 14.7. The summed E-state index contributed by atoms with van der Waals surface area (Å²) in [5.41, 5.74) is 2.62. The number of halogens is 2. The molecule has 1 atom stereocenters. The number of anilines is 1. The second-order valence-corrected chi connectivity index (χ2v) is 6.82. The zero-order chi connectivity index (χ0) is 18.5. The van der Waals surface area contributed by atoms with Crippen LogP contribution in [-0.2, 0) is 6.42 Å². The van der Waals surface area contributed by atoms with Crippen LogP contribution in [0.25, 0.3) is 5.52 Å². The molecular weight excluding hydrogens is 371 g/mol. The third kappa shape index (κ3) is 2.60. The van der Waals surface area contributed by atoms with Crippen molar-refractivity contribution in [1.82, 2.24) is 24.6 Å². The van der Waals surface area contributed by atoms with Gasteiger partial charge in [0, 0.05) is 37.0 Å². The van der Waals surface area contributed by atoms with E-state index < -0.39 is 0 Å². The first-order valence-corrected chi connectivity index (χ1v) is 8.80. The molecule has 4 aromatic rings. The summed E-state index contributed by atoms with van der Waals surface area (Å²) in [6.07, 6.45) is 4.06. The fraction of sp³-hybridized carbons (Fsp3) is 0.167. The van der Waals surface area contributed by atoms with Gasteiger partial charge in [-0.3, -0.25) is 4.79 Å². The third-order valence-electron chi connectivity index (χ3n) is 4.78. The Hall–Kier alpha value is -3.13. The number of hydrogen-bond donors (Lipinski definition) is 2. The minimum atomic E-state index is -0.381. The van der Waals surface area contributed by atoms with Gasteiger partial charge in [-0.1, -0.05) is 11.6 Å². The van der Waals surface area contributed by atoms with Crippen LogP contribution in [0, 0.1) is 5.82 Å². The highest BCUT2D eigenvalue weighted by atomic mass is 35.5. The third-order valence-corrected chi connectivity index (χ3v) is 4.98. The van der Waals surface area contributed by atoms with E-state index in [1.54, 1.807) is 24.7 Å². The molecule has 0 saturated heterocycles. The molecular formula is C18H14ClFN6O. The van der Waals surface area contributed by atoms with Crippen LogP contribution in [-0.4, -0.2) is 31.1 Å². The number of pyridine rings is 2. The first-order valence-electron chi connectivity index (χ1n) is 8.42. The van der Waals surface area contributed by atoms with Gasteiger partial charge in [-0.15, -0.1) is 0 Å². The van der Waals surface area contributed by atoms with Crippen molar-refractivity contribution >= 4 is 22.9 Å². The highest BCUT2D eigenvalue weighted by Gasteiger charge is 2.34. The number of aromatic nitrogens is 5. The van der Waals surface area contributed by atoms with Gasteiger partial charge >= 0.3 is 0 Å². The molecule has 0 spiro atoms. The van der Waals surface area contributed by atoms with Gasteiger partial charge in [-0.2, -0.15) is 5.10 Å². The highest BCUT2D eigenvalue weighted by Crippen LogP contribution is 2.36. The van der Waals surface area contributed by atoms with E-state index in [0.717, 1.165) is 17.8 Å². The standard InChI is InChI=1S/C18H14ClFN6O/c19-15-6-10(27)7-16(23-15)25-5-3-12-17(22-9-21-12)18(25)13-8-14-11(20)2-1-4-26(14)24-13/h1-2,4,6-9,18H,3,5H2,(H,21,22)(H,23,27)/t18-/m1/s1. The largest absolute Gasteiger partial charge is 0.348 e. The van der Waals surface area contributed by atoms with Gasteiger partial charge in [0.2, 0.25) is 0 Å². The Bertz CT molecular complexity index is 1210. The first-order chi connectivity index (χ1) is 13.1. The molecule has 1 aliphatic rings. The Morgan fingerprint density at radius 2 is 2.19 bits per heavy atom. The van der Waals surface area contributed by atoms with E-state index in [2.05, 4.69) is 20.1 Å². The number of hydrogen-bond acceptors (Lipinski definition) is 4. The number of imidazole rings is 1. The van der Waals surface area contributed by atoms with E-state index in [1.165, 1.54) is 22.7 Å². The summed E-state index contributed by atoms with van der Waals surface area (Å²) < 4.78 is 15.7. The number of rotatable bonds is 2. The maximum absolute atomic E-state index is 14.2.